The Hall–Kier alpha value is -1.65. The first-order valence-electron chi connectivity index (χ1n) is 3.79. The van der Waals surface area contributed by atoms with Crippen molar-refractivity contribution in [3.8, 4) is 0 Å². The summed E-state index contributed by atoms with van der Waals surface area (Å²) in [6.45, 7) is 3.24. The lowest BCUT2D eigenvalue weighted by Crippen LogP contribution is -2.09. The van der Waals surface area contributed by atoms with Crippen molar-refractivity contribution in [3.05, 3.63) is 17.5 Å². The van der Waals surface area contributed by atoms with E-state index in [-0.39, 0.29) is 23.6 Å². The summed E-state index contributed by atoms with van der Waals surface area (Å²) in [7, 11) is 0. The maximum Gasteiger partial charge on any atom is 0.361 e. The van der Waals surface area contributed by atoms with E-state index in [0.717, 1.165) is 6.26 Å². The number of hydrogen-bond acceptors (Lipinski definition) is 5. The topological polar surface area (TPSA) is 69.4 Å². The van der Waals surface area contributed by atoms with Gasteiger partial charge in [0.2, 0.25) is 5.69 Å². The molecular weight excluding hydrogens is 174 g/mol. The number of esters is 1. The molecule has 0 fully saturated rings. The number of ether oxygens (including phenoxy) is 1. The summed E-state index contributed by atoms with van der Waals surface area (Å²) in [5.41, 5.74) is 0.0906. The predicted octanol–water partition coefficient (Wildman–Crippen LogP) is 1.05. The Morgan fingerprint density at radius 1 is 1.62 bits per heavy atom. The standard InChI is InChI=1S/C8H9NO4/c1-3-12-8(11)7-6(5(2)10)4-13-9-7/h4H,3H2,1-2H3. The summed E-state index contributed by atoms with van der Waals surface area (Å²) in [5, 5.41) is 3.39. The summed E-state index contributed by atoms with van der Waals surface area (Å²) in [6.07, 6.45) is 1.13. The smallest absolute Gasteiger partial charge is 0.361 e. The highest BCUT2D eigenvalue weighted by Gasteiger charge is 2.19. The van der Waals surface area contributed by atoms with Gasteiger partial charge < -0.3 is 9.26 Å². The molecule has 0 bridgehead atoms. The average molecular weight is 183 g/mol. The van der Waals surface area contributed by atoms with E-state index in [4.69, 9.17) is 0 Å². The van der Waals surface area contributed by atoms with Gasteiger partial charge in [-0.25, -0.2) is 4.79 Å². The van der Waals surface area contributed by atoms with Crippen LogP contribution in [-0.2, 0) is 4.74 Å². The molecule has 1 aromatic rings. The van der Waals surface area contributed by atoms with Crippen LogP contribution in [0.25, 0.3) is 0 Å². The second-order valence-corrected chi connectivity index (χ2v) is 2.35. The minimum Gasteiger partial charge on any atom is -0.461 e. The molecule has 0 atom stereocenters. The average Bonchev–Trinajstić information content (AvgIpc) is 2.52. The zero-order chi connectivity index (χ0) is 9.84. The van der Waals surface area contributed by atoms with Crippen molar-refractivity contribution in [2.45, 2.75) is 13.8 Å². The van der Waals surface area contributed by atoms with Crippen LogP contribution >= 0.6 is 0 Å². The zero-order valence-corrected chi connectivity index (χ0v) is 7.36. The molecule has 70 valence electrons. The first kappa shape index (κ1) is 9.44. The fourth-order valence-electron chi connectivity index (χ4n) is 0.833. The molecule has 0 unspecified atom stereocenters. The Kier molecular flexibility index (Phi) is 2.79. The van der Waals surface area contributed by atoms with Gasteiger partial charge >= 0.3 is 5.97 Å². The van der Waals surface area contributed by atoms with Gasteiger partial charge in [0.1, 0.15) is 6.26 Å². The minimum atomic E-state index is -0.638. The fourth-order valence-corrected chi connectivity index (χ4v) is 0.833. The number of rotatable bonds is 3. The SMILES string of the molecule is CCOC(=O)c1nocc1C(C)=O. The fraction of sp³-hybridized carbons (Fsp3) is 0.375. The van der Waals surface area contributed by atoms with E-state index < -0.39 is 5.97 Å². The molecule has 0 spiro atoms. The Balaban J connectivity index is 2.93. The van der Waals surface area contributed by atoms with E-state index in [1.54, 1.807) is 6.92 Å². The minimum absolute atomic E-state index is 0.0608. The molecule has 0 saturated heterocycles. The molecule has 1 aromatic heterocycles. The second kappa shape index (κ2) is 3.84. The van der Waals surface area contributed by atoms with Crippen LogP contribution in [0, 0.1) is 0 Å². The second-order valence-electron chi connectivity index (χ2n) is 2.35. The molecule has 0 amide bonds. The summed E-state index contributed by atoms with van der Waals surface area (Å²) in [6, 6.07) is 0. The molecule has 0 N–H and O–H groups in total. The van der Waals surface area contributed by atoms with Crippen LogP contribution in [0.4, 0.5) is 0 Å². The first-order chi connectivity index (χ1) is 6.16. The molecule has 0 radical (unpaired) electrons. The number of ketones is 1. The molecule has 5 nitrogen and oxygen atoms in total. The molecule has 0 aliphatic rings. The molecule has 13 heavy (non-hydrogen) atoms. The van der Waals surface area contributed by atoms with Gasteiger partial charge in [-0.15, -0.1) is 0 Å². The summed E-state index contributed by atoms with van der Waals surface area (Å²) >= 11 is 0. The lowest BCUT2D eigenvalue weighted by atomic mass is 10.2. The Labute approximate surface area is 74.7 Å². The highest BCUT2D eigenvalue weighted by Crippen LogP contribution is 2.08. The molecule has 1 rings (SSSR count). The Morgan fingerprint density at radius 2 is 2.31 bits per heavy atom. The first-order valence-corrected chi connectivity index (χ1v) is 3.79. The van der Waals surface area contributed by atoms with Crippen LogP contribution in [0.15, 0.2) is 10.8 Å². The summed E-state index contributed by atoms with van der Waals surface area (Å²) in [5.74, 6) is -0.911. The van der Waals surface area contributed by atoms with Crippen molar-refractivity contribution in [3.63, 3.8) is 0 Å². The molecular formula is C8H9NO4. The van der Waals surface area contributed by atoms with E-state index in [1.807, 2.05) is 0 Å². The quantitative estimate of drug-likeness (QED) is 0.517. The van der Waals surface area contributed by atoms with E-state index in [0.29, 0.717) is 0 Å². The number of nitrogens with zero attached hydrogens (tertiary/aromatic N) is 1. The third-order valence-corrected chi connectivity index (χ3v) is 1.42. The van der Waals surface area contributed by atoms with Gasteiger partial charge in [-0.3, -0.25) is 4.79 Å². The van der Waals surface area contributed by atoms with Crippen LogP contribution in [0.1, 0.15) is 34.7 Å². The molecule has 0 aliphatic carbocycles. The number of carbonyl (C=O) groups excluding carboxylic acids is 2. The van der Waals surface area contributed by atoms with Gasteiger partial charge in [0.15, 0.2) is 5.78 Å². The van der Waals surface area contributed by atoms with Crippen molar-refractivity contribution in [1.29, 1.82) is 0 Å². The van der Waals surface area contributed by atoms with E-state index in [2.05, 4.69) is 14.4 Å². The van der Waals surface area contributed by atoms with Crippen molar-refractivity contribution in [1.82, 2.24) is 5.16 Å². The zero-order valence-electron chi connectivity index (χ0n) is 7.36. The highest BCUT2D eigenvalue weighted by atomic mass is 16.5. The summed E-state index contributed by atoms with van der Waals surface area (Å²) < 4.78 is 9.17. The van der Waals surface area contributed by atoms with E-state index in [1.165, 1.54) is 6.92 Å². The van der Waals surface area contributed by atoms with Crippen molar-refractivity contribution >= 4 is 11.8 Å². The van der Waals surface area contributed by atoms with Gasteiger partial charge in [-0.2, -0.15) is 0 Å². The Morgan fingerprint density at radius 3 is 2.85 bits per heavy atom. The molecule has 0 aliphatic heterocycles. The number of hydrogen-bond donors (Lipinski definition) is 0. The van der Waals surface area contributed by atoms with Gasteiger partial charge in [0.25, 0.3) is 0 Å². The highest BCUT2D eigenvalue weighted by molar-refractivity contribution is 6.03. The maximum atomic E-state index is 11.1. The maximum absolute atomic E-state index is 11.1. The lowest BCUT2D eigenvalue weighted by molar-refractivity contribution is 0.0512. The molecule has 5 heteroatoms. The predicted molar refractivity (Wildman–Crippen MR) is 42.5 cm³/mol. The lowest BCUT2D eigenvalue weighted by Gasteiger charge is -1.97. The monoisotopic (exact) mass is 183 g/mol. The number of aromatic nitrogens is 1. The molecule has 0 saturated carbocycles. The van der Waals surface area contributed by atoms with Gasteiger partial charge in [-0.05, 0) is 13.8 Å². The van der Waals surface area contributed by atoms with Gasteiger partial charge in [0, 0.05) is 0 Å². The van der Waals surface area contributed by atoms with Crippen LogP contribution in [0.5, 0.6) is 0 Å². The third kappa shape index (κ3) is 1.93. The number of carbonyl (C=O) groups is 2. The van der Waals surface area contributed by atoms with E-state index >= 15 is 0 Å². The van der Waals surface area contributed by atoms with Crippen molar-refractivity contribution in [2.24, 2.45) is 0 Å². The van der Waals surface area contributed by atoms with Crippen LogP contribution in [0.2, 0.25) is 0 Å². The number of Topliss-reactive ketones (excluding diaryl/α,β-unsaturated/α-hetero) is 1. The largest absolute Gasteiger partial charge is 0.461 e. The van der Waals surface area contributed by atoms with Crippen LogP contribution in [-0.4, -0.2) is 23.5 Å². The van der Waals surface area contributed by atoms with Crippen LogP contribution in [0.3, 0.4) is 0 Å². The van der Waals surface area contributed by atoms with Crippen LogP contribution < -0.4 is 0 Å². The normalized spacial score (nSPS) is 9.69. The van der Waals surface area contributed by atoms with Crippen molar-refractivity contribution < 1.29 is 18.8 Å². The molecule has 0 aromatic carbocycles. The molecule has 1 heterocycles. The third-order valence-electron chi connectivity index (χ3n) is 1.42. The van der Waals surface area contributed by atoms with E-state index in [9.17, 15) is 9.59 Å². The Bertz CT molecular complexity index is 329. The van der Waals surface area contributed by atoms with Crippen molar-refractivity contribution in [2.75, 3.05) is 6.61 Å². The van der Waals surface area contributed by atoms with Gasteiger partial charge in [-0.1, -0.05) is 5.16 Å². The van der Waals surface area contributed by atoms with Gasteiger partial charge in [0.05, 0.1) is 12.2 Å². The summed E-state index contributed by atoms with van der Waals surface area (Å²) in [4.78, 5) is 22.1.